The van der Waals surface area contributed by atoms with Crippen molar-refractivity contribution in [3.05, 3.63) is 0 Å². The number of nitrogens with zero attached hydrogens (tertiary/aromatic N) is 1. The monoisotopic (exact) mass is 159 g/mol. The molecule has 0 radical (unpaired) electrons. The number of carboxylic acid groups (broad SMARTS) is 1. The van der Waals surface area contributed by atoms with E-state index in [0.717, 1.165) is 13.1 Å². The van der Waals surface area contributed by atoms with Crippen LogP contribution in [0.1, 0.15) is 6.42 Å². The number of hydrogen-bond acceptors (Lipinski definition) is 3. The van der Waals surface area contributed by atoms with Crippen molar-refractivity contribution in [1.82, 2.24) is 4.90 Å². The van der Waals surface area contributed by atoms with E-state index in [0.29, 0.717) is 6.61 Å². The lowest BCUT2D eigenvalue weighted by Gasteiger charge is -2.28. The molecular weight excluding hydrogens is 146 g/mol. The summed E-state index contributed by atoms with van der Waals surface area (Å²) >= 11 is 0. The SMILES string of the molecule is CN1CCOC(CC(=O)O)C1. The number of carboxylic acids is 1. The van der Waals surface area contributed by atoms with Gasteiger partial charge in [-0.05, 0) is 7.05 Å². The summed E-state index contributed by atoms with van der Waals surface area (Å²) < 4.78 is 5.24. The maximum atomic E-state index is 10.3. The van der Waals surface area contributed by atoms with Crippen LogP contribution in [0.3, 0.4) is 0 Å². The van der Waals surface area contributed by atoms with E-state index in [1.807, 2.05) is 7.05 Å². The first-order valence-electron chi connectivity index (χ1n) is 3.70. The molecule has 0 aliphatic carbocycles. The minimum absolute atomic E-state index is 0.115. The quantitative estimate of drug-likeness (QED) is 0.605. The fraction of sp³-hybridized carbons (Fsp3) is 0.857. The summed E-state index contributed by atoms with van der Waals surface area (Å²) in [6.07, 6.45) is -0.00380. The molecular formula is C7H13NO3. The van der Waals surface area contributed by atoms with Gasteiger partial charge in [0.15, 0.2) is 0 Å². The summed E-state index contributed by atoms with van der Waals surface area (Å²) in [6, 6.07) is 0. The summed E-state index contributed by atoms with van der Waals surface area (Å²) in [5.41, 5.74) is 0. The molecule has 1 saturated heterocycles. The van der Waals surface area contributed by atoms with Crippen LogP contribution in [0.15, 0.2) is 0 Å². The number of ether oxygens (including phenoxy) is 1. The second-order valence-electron chi connectivity index (χ2n) is 2.85. The molecule has 1 atom stereocenters. The van der Waals surface area contributed by atoms with Gasteiger partial charge >= 0.3 is 5.97 Å². The summed E-state index contributed by atoms with van der Waals surface area (Å²) in [4.78, 5) is 12.4. The fourth-order valence-electron chi connectivity index (χ4n) is 1.19. The number of rotatable bonds is 2. The highest BCUT2D eigenvalue weighted by molar-refractivity contribution is 5.67. The van der Waals surface area contributed by atoms with Gasteiger partial charge in [0.2, 0.25) is 0 Å². The van der Waals surface area contributed by atoms with Crippen LogP contribution < -0.4 is 0 Å². The number of likely N-dealkylation sites (N-methyl/N-ethyl adjacent to an activating group) is 1. The van der Waals surface area contributed by atoms with E-state index >= 15 is 0 Å². The molecule has 0 spiro atoms. The first-order valence-corrected chi connectivity index (χ1v) is 3.70. The molecule has 4 nitrogen and oxygen atoms in total. The molecule has 1 aliphatic heterocycles. The van der Waals surface area contributed by atoms with Gasteiger partial charge in [-0.3, -0.25) is 4.79 Å². The Balaban J connectivity index is 2.28. The van der Waals surface area contributed by atoms with E-state index in [9.17, 15) is 4.79 Å². The van der Waals surface area contributed by atoms with Crippen LogP contribution in [0, 0.1) is 0 Å². The van der Waals surface area contributed by atoms with E-state index in [-0.39, 0.29) is 12.5 Å². The van der Waals surface area contributed by atoms with Crippen LogP contribution in [-0.2, 0) is 9.53 Å². The van der Waals surface area contributed by atoms with Crippen LogP contribution in [0.4, 0.5) is 0 Å². The average Bonchev–Trinajstić information content (AvgIpc) is 1.85. The molecule has 1 fully saturated rings. The molecule has 1 N–H and O–H groups in total. The maximum Gasteiger partial charge on any atom is 0.306 e. The summed E-state index contributed by atoms with van der Waals surface area (Å²) in [6.45, 7) is 2.27. The van der Waals surface area contributed by atoms with Crippen LogP contribution in [0.5, 0.6) is 0 Å². The van der Waals surface area contributed by atoms with Gasteiger partial charge in [0.05, 0.1) is 19.1 Å². The van der Waals surface area contributed by atoms with Crippen molar-refractivity contribution in [2.75, 3.05) is 26.7 Å². The van der Waals surface area contributed by atoms with Crippen LogP contribution >= 0.6 is 0 Å². The first-order chi connectivity index (χ1) is 5.18. The fourth-order valence-corrected chi connectivity index (χ4v) is 1.19. The van der Waals surface area contributed by atoms with Gasteiger partial charge < -0.3 is 14.7 Å². The zero-order valence-corrected chi connectivity index (χ0v) is 6.62. The smallest absolute Gasteiger partial charge is 0.306 e. The predicted octanol–water partition coefficient (Wildman–Crippen LogP) is -0.208. The van der Waals surface area contributed by atoms with Gasteiger partial charge in [0.1, 0.15) is 0 Å². The Labute approximate surface area is 65.8 Å². The Morgan fingerprint density at radius 1 is 1.82 bits per heavy atom. The number of aliphatic carboxylic acids is 1. The maximum absolute atomic E-state index is 10.3. The zero-order chi connectivity index (χ0) is 8.27. The predicted molar refractivity (Wildman–Crippen MR) is 39.5 cm³/mol. The molecule has 64 valence electrons. The van der Waals surface area contributed by atoms with Gasteiger partial charge in [-0.25, -0.2) is 0 Å². The van der Waals surface area contributed by atoms with Crippen molar-refractivity contribution in [3.8, 4) is 0 Å². The van der Waals surface area contributed by atoms with E-state index in [2.05, 4.69) is 4.90 Å². The molecule has 1 aliphatic rings. The molecule has 1 heterocycles. The highest BCUT2D eigenvalue weighted by Crippen LogP contribution is 2.06. The minimum atomic E-state index is -0.787. The van der Waals surface area contributed by atoms with Crippen molar-refractivity contribution in [2.24, 2.45) is 0 Å². The van der Waals surface area contributed by atoms with Gasteiger partial charge in [-0.2, -0.15) is 0 Å². The van der Waals surface area contributed by atoms with Gasteiger partial charge in [-0.15, -0.1) is 0 Å². The van der Waals surface area contributed by atoms with Gasteiger partial charge in [0.25, 0.3) is 0 Å². The van der Waals surface area contributed by atoms with Crippen molar-refractivity contribution in [1.29, 1.82) is 0 Å². The number of carbonyl (C=O) groups is 1. The Kier molecular flexibility index (Phi) is 2.84. The molecule has 0 saturated carbocycles. The van der Waals surface area contributed by atoms with E-state index < -0.39 is 5.97 Å². The molecule has 4 heteroatoms. The second-order valence-corrected chi connectivity index (χ2v) is 2.85. The second kappa shape index (κ2) is 3.69. The molecule has 0 bridgehead atoms. The van der Waals surface area contributed by atoms with E-state index in [1.165, 1.54) is 0 Å². The lowest BCUT2D eigenvalue weighted by atomic mass is 10.2. The highest BCUT2D eigenvalue weighted by Gasteiger charge is 2.19. The Morgan fingerprint density at radius 3 is 3.09 bits per heavy atom. The summed E-state index contributed by atoms with van der Waals surface area (Å²) in [7, 11) is 1.97. The van der Waals surface area contributed by atoms with Crippen LogP contribution in [-0.4, -0.2) is 48.8 Å². The molecule has 11 heavy (non-hydrogen) atoms. The Hall–Kier alpha value is -0.610. The van der Waals surface area contributed by atoms with Crippen LogP contribution in [0.2, 0.25) is 0 Å². The largest absolute Gasteiger partial charge is 0.481 e. The average molecular weight is 159 g/mol. The lowest BCUT2D eigenvalue weighted by Crippen LogP contribution is -2.40. The summed E-state index contributed by atoms with van der Waals surface area (Å²) in [5, 5.41) is 8.45. The third kappa shape index (κ3) is 2.86. The van der Waals surface area contributed by atoms with Crippen LogP contribution in [0.25, 0.3) is 0 Å². The van der Waals surface area contributed by atoms with Gasteiger partial charge in [-0.1, -0.05) is 0 Å². The van der Waals surface area contributed by atoms with Crippen molar-refractivity contribution < 1.29 is 14.6 Å². The molecule has 0 aromatic rings. The van der Waals surface area contributed by atoms with Crippen molar-refractivity contribution >= 4 is 5.97 Å². The summed E-state index contributed by atoms with van der Waals surface area (Å²) in [5.74, 6) is -0.787. The number of hydrogen-bond donors (Lipinski definition) is 1. The van der Waals surface area contributed by atoms with E-state index in [1.54, 1.807) is 0 Å². The minimum Gasteiger partial charge on any atom is -0.481 e. The molecule has 1 rings (SSSR count). The topological polar surface area (TPSA) is 49.8 Å². The Morgan fingerprint density at radius 2 is 2.55 bits per heavy atom. The third-order valence-electron chi connectivity index (χ3n) is 1.74. The molecule has 0 aromatic carbocycles. The lowest BCUT2D eigenvalue weighted by molar-refractivity contribution is -0.141. The molecule has 1 unspecified atom stereocenters. The Bertz CT molecular complexity index is 149. The molecule has 0 amide bonds. The molecule has 0 aromatic heterocycles. The zero-order valence-electron chi connectivity index (χ0n) is 6.62. The first kappa shape index (κ1) is 8.49. The van der Waals surface area contributed by atoms with E-state index in [4.69, 9.17) is 9.84 Å². The van der Waals surface area contributed by atoms with Gasteiger partial charge in [0, 0.05) is 13.1 Å². The normalized spacial score (nSPS) is 26.8. The van der Waals surface area contributed by atoms with Crippen molar-refractivity contribution in [2.45, 2.75) is 12.5 Å². The third-order valence-corrected chi connectivity index (χ3v) is 1.74. The number of morpholine rings is 1. The highest BCUT2D eigenvalue weighted by atomic mass is 16.5. The van der Waals surface area contributed by atoms with Crippen molar-refractivity contribution in [3.63, 3.8) is 0 Å². The standard InChI is InChI=1S/C7H13NO3/c1-8-2-3-11-6(5-8)4-7(9)10/h6H,2-5H2,1H3,(H,9,10).